The van der Waals surface area contributed by atoms with E-state index in [1.807, 2.05) is 13.8 Å². The fourth-order valence-electron chi connectivity index (χ4n) is 1.98. The molecule has 2 rings (SSSR count). The van der Waals surface area contributed by atoms with Crippen LogP contribution < -0.4 is 5.32 Å². The molecule has 0 fully saturated rings. The highest BCUT2D eigenvalue weighted by Gasteiger charge is 2.10. The number of nitrogens with one attached hydrogen (secondary N) is 1. The smallest absolute Gasteiger partial charge is 0.335 e. The van der Waals surface area contributed by atoms with Gasteiger partial charge in [-0.3, -0.25) is 0 Å². The van der Waals surface area contributed by atoms with Gasteiger partial charge >= 0.3 is 5.97 Å². The summed E-state index contributed by atoms with van der Waals surface area (Å²) in [6.07, 6.45) is 0. The van der Waals surface area contributed by atoms with Gasteiger partial charge in [0.05, 0.1) is 5.56 Å². The lowest BCUT2D eigenvalue weighted by atomic mass is 10.1. The van der Waals surface area contributed by atoms with Crippen LogP contribution in [-0.4, -0.2) is 11.1 Å². The van der Waals surface area contributed by atoms with E-state index >= 15 is 0 Å². The maximum atomic E-state index is 12.9. The van der Waals surface area contributed by atoms with E-state index in [1.165, 1.54) is 12.1 Å². The normalized spacial score (nSPS) is 11.9. The molecule has 3 nitrogen and oxygen atoms in total. The Morgan fingerprint density at radius 1 is 1.20 bits per heavy atom. The zero-order chi connectivity index (χ0) is 14.7. The molecule has 0 aliphatic carbocycles. The van der Waals surface area contributed by atoms with Crippen molar-refractivity contribution in [3.8, 4) is 0 Å². The summed E-state index contributed by atoms with van der Waals surface area (Å²) in [7, 11) is 0. The molecule has 0 aliphatic heterocycles. The second-order valence-electron chi connectivity index (χ2n) is 4.75. The van der Waals surface area contributed by atoms with Gasteiger partial charge in [-0.05, 0) is 49.2 Å². The average Bonchev–Trinajstić information content (AvgIpc) is 2.41. The summed E-state index contributed by atoms with van der Waals surface area (Å²) in [6, 6.07) is 11.2. The van der Waals surface area contributed by atoms with E-state index in [0.29, 0.717) is 0 Å². The molecule has 4 heteroatoms. The van der Waals surface area contributed by atoms with Crippen LogP contribution in [0.4, 0.5) is 10.1 Å². The Morgan fingerprint density at radius 2 is 1.85 bits per heavy atom. The number of benzene rings is 2. The molecule has 2 N–H and O–H groups in total. The second kappa shape index (κ2) is 5.74. The first-order valence-corrected chi connectivity index (χ1v) is 6.33. The topological polar surface area (TPSA) is 49.3 Å². The molecule has 0 heterocycles. The Bertz CT molecular complexity index is 623. The summed E-state index contributed by atoms with van der Waals surface area (Å²) in [4.78, 5) is 11.0. The fourth-order valence-corrected chi connectivity index (χ4v) is 1.98. The van der Waals surface area contributed by atoms with E-state index in [2.05, 4.69) is 5.32 Å². The molecule has 0 radical (unpaired) electrons. The molecule has 0 saturated carbocycles. The van der Waals surface area contributed by atoms with Crippen molar-refractivity contribution in [2.24, 2.45) is 0 Å². The third-order valence-corrected chi connectivity index (χ3v) is 3.23. The van der Waals surface area contributed by atoms with Gasteiger partial charge in [-0.15, -0.1) is 0 Å². The lowest BCUT2D eigenvalue weighted by Crippen LogP contribution is -2.09. The van der Waals surface area contributed by atoms with Crippen LogP contribution in [0.2, 0.25) is 0 Å². The maximum absolute atomic E-state index is 12.9. The number of carbonyl (C=O) groups is 1. The van der Waals surface area contributed by atoms with Crippen LogP contribution in [0.5, 0.6) is 0 Å². The van der Waals surface area contributed by atoms with E-state index in [4.69, 9.17) is 5.11 Å². The number of carboxylic acid groups (broad SMARTS) is 1. The Kier molecular flexibility index (Phi) is 4.03. The zero-order valence-electron chi connectivity index (χ0n) is 11.4. The Morgan fingerprint density at radius 3 is 2.45 bits per heavy atom. The SMILES string of the molecule is Cc1ccc(C(=O)O)cc1NC(C)c1ccc(F)cc1. The summed E-state index contributed by atoms with van der Waals surface area (Å²) < 4.78 is 12.9. The largest absolute Gasteiger partial charge is 0.478 e. The molecule has 104 valence electrons. The Hall–Kier alpha value is -2.36. The summed E-state index contributed by atoms with van der Waals surface area (Å²) in [5.74, 6) is -1.23. The minimum Gasteiger partial charge on any atom is -0.478 e. The van der Waals surface area contributed by atoms with Crippen molar-refractivity contribution < 1.29 is 14.3 Å². The molecule has 1 unspecified atom stereocenters. The van der Waals surface area contributed by atoms with Gasteiger partial charge in [0.2, 0.25) is 0 Å². The van der Waals surface area contributed by atoms with Crippen molar-refractivity contribution in [2.45, 2.75) is 19.9 Å². The summed E-state index contributed by atoms with van der Waals surface area (Å²) in [6.45, 7) is 3.85. The quantitative estimate of drug-likeness (QED) is 0.885. The molecule has 0 aromatic heterocycles. The molecule has 0 aliphatic rings. The van der Waals surface area contributed by atoms with Gasteiger partial charge in [-0.25, -0.2) is 9.18 Å². The summed E-state index contributed by atoms with van der Waals surface area (Å²) in [5.41, 5.74) is 2.90. The molecular weight excluding hydrogens is 257 g/mol. The van der Waals surface area contributed by atoms with Crippen molar-refractivity contribution in [2.75, 3.05) is 5.32 Å². The standard InChI is InChI=1S/C16H16FNO2/c1-10-3-4-13(16(19)20)9-15(10)18-11(2)12-5-7-14(17)8-6-12/h3-9,11,18H,1-2H3,(H,19,20). The number of aromatic carboxylic acids is 1. The number of rotatable bonds is 4. The number of anilines is 1. The molecule has 0 saturated heterocycles. The number of hydrogen-bond donors (Lipinski definition) is 2. The lowest BCUT2D eigenvalue weighted by molar-refractivity contribution is 0.0697. The van der Waals surface area contributed by atoms with Gasteiger partial charge in [0.25, 0.3) is 0 Å². The zero-order valence-corrected chi connectivity index (χ0v) is 11.4. The van der Waals surface area contributed by atoms with Crippen LogP contribution >= 0.6 is 0 Å². The van der Waals surface area contributed by atoms with Crippen LogP contribution in [0.1, 0.15) is 34.5 Å². The van der Waals surface area contributed by atoms with E-state index in [-0.39, 0.29) is 17.4 Å². The number of carboxylic acids is 1. The van der Waals surface area contributed by atoms with Gasteiger partial charge in [0, 0.05) is 11.7 Å². The van der Waals surface area contributed by atoms with Gasteiger partial charge in [0.1, 0.15) is 5.82 Å². The molecule has 0 bridgehead atoms. The average molecular weight is 273 g/mol. The second-order valence-corrected chi connectivity index (χ2v) is 4.75. The number of hydrogen-bond acceptors (Lipinski definition) is 2. The predicted molar refractivity (Wildman–Crippen MR) is 76.6 cm³/mol. The minimum atomic E-state index is -0.956. The predicted octanol–water partition coefficient (Wildman–Crippen LogP) is 4.01. The van der Waals surface area contributed by atoms with Crippen molar-refractivity contribution in [1.29, 1.82) is 0 Å². The first-order chi connectivity index (χ1) is 9.47. The third kappa shape index (κ3) is 3.15. The molecule has 0 spiro atoms. The van der Waals surface area contributed by atoms with Crippen LogP contribution in [0, 0.1) is 12.7 Å². The summed E-state index contributed by atoms with van der Waals surface area (Å²) in [5, 5.41) is 12.3. The molecule has 20 heavy (non-hydrogen) atoms. The van der Waals surface area contributed by atoms with E-state index < -0.39 is 5.97 Å². The van der Waals surface area contributed by atoms with E-state index in [1.54, 1.807) is 30.3 Å². The number of halogens is 1. The van der Waals surface area contributed by atoms with Gasteiger partial charge in [0.15, 0.2) is 0 Å². The van der Waals surface area contributed by atoms with Gasteiger partial charge < -0.3 is 10.4 Å². The first kappa shape index (κ1) is 14.1. The molecule has 2 aromatic rings. The van der Waals surface area contributed by atoms with Crippen molar-refractivity contribution in [1.82, 2.24) is 0 Å². The van der Waals surface area contributed by atoms with Crippen LogP contribution in [0.3, 0.4) is 0 Å². The molecule has 1 atom stereocenters. The molecule has 2 aromatic carbocycles. The van der Waals surface area contributed by atoms with Crippen LogP contribution in [0.15, 0.2) is 42.5 Å². The molecule has 0 amide bonds. The lowest BCUT2D eigenvalue weighted by Gasteiger charge is -2.18. The Labute approximate surface area is 117 Å². The first-order valence-electron chi connectivity index (χ1n) is 6.33. The third-order valence-electron chi connectivity index (χ3n) is 3.23. The van der Waals surface area contributed by atoms with E-state index in [9.17, 15) is 9.18 Å². The fraction of sp³-hybridized carbons (Fsp3) is 0.188. The highest BCUT2D eigenvalue weighted by Crippen LogP contribution is 2.23. The molecular formula is C16H16FNO2. The van der Waals surface area contributed by atoms with Crippen LogP contribution in [-0.2, 0) is 0 Å². The van der Waals surface area contributed by atoms with Crippen molar-refractivity contribution >= 4 is 11.7 Å². The number of aryl methyl sites for hydroxylation is 1. The monoisotopic (exact) mass is 273 g/mol. The highest BCUT2D eigenvalue weighted by molar-refractivity contribution is 5.89. The Balaban J connectivity index is 2.22. The highest BCUT2D eigenvalue weighted by atomic mass is 19.1. The minimum absolute atomic E-state index is 0.0432. The van der Waals surface area contributed by atoms with Gasteiger partial charge in [-0.2, -0.15) is 0 Å². The van der Waals surface area contributed by atoms with Crippen molar-refractivity contribution in [3.63, 3.8) is 0 Å². The van der Waals surface area contributed by atoms with Crippen LogP contribution in [0.25, 0.3) is 0 Å². The van der Waals surface area contributed by atoms with Gasteiger partial charge in [-0.1, -0.05) is 18.2 Å². The van der Waals surface area contributed by atoms with E-state index in [0.717, 1.165) is 16.8 Å². The summed E-state index contributed by atoms with van der Waals surface area (Å²) >= 11 is 0. The maximum Gasteiger partial charge on any atom is 0.335 e. The van der Waals surface area contributed by atoms with Crippen molar-refractivity contribution in [3.05, 3.63) is 65.0 Å².